The van der Waals surface area contributed by atoms with Gasteiger partial charge in [0.25, 0.3) is 0 Å². The van der Waals surface area contributed by atoms with Crippen molar-refractivity contribution < 1.29 is 17.9 Å². The van der Waals surface area contributed by atoms with Gasteiger partial charge in [-0.2, -0.15) is 4.31 Å². The molecule has 2 aromatic rings. The fraction of sp³-hybridized carbons (Fsp3) is 0.435. The van der Waals surface area contributed by atoms with Crippen LogP contribution >= 0.6 is 0 Å². The smallest absolute Gasteiger partial charge is 0.243 e. The quantitative estimate of drug-likeness (QED) is 0.533. The number of hydrogen-bond donors (Lipinski definition) is 1. The van der Waals surface area contributed by atoms with Crippen LogP contribution < -0.4 is 5.32 Å². The van der Waals surface area contributed by atoms with E-state index in [1.54, 1.807) is 30.3 Å². The van der Waals surface area contributed by atoms with Crippen LogP contribution in [0.25, 0.3) is 0 Å². The summed E-state index contributed by atoms with van der Waals surface area (Å²) in [5.41, 5.74) is 1.03. The number of amides is 1. The maximum absolute atomic E-state index is 13.2. The molecular formula is C23H31N3O4S. The average molecular weight is 446 g/mol. The van der Waals surface area contributed by atoms with E-state index >= 15 is 0 Å². The highest BCUT2D eigenvalue weighted by Crippen LogP contribution is 2.16. The van der Waals surface area contributed by atoms with Gasteiger partial charge in [-0.1, -0.05) is 48.5 Å². The van der Waals surface area contributed by atoms with Crippen molar-refractivity contribution in [1.29, 1.82) is 0 Å². The number of morpholine rings is 1. The fourth-order valence-corrected chi connectivity index (χ4v) is 4.91. The molecule has 7 nitrogen and oxygen atoms in total. The molecule has 0 saturated carbocycles. The van der Waals surface area contributed by atoms with Gasteiger partial charge in [0.2, 0.25) is 15.9 Å². The van der Waals surface area contributed by atoms with Crippen molar-refractivity contribution in [1.82, 2.24) is 14.5 Å². The third kappa shape index (κ3) is 7.43. The Morgan fingerprint density at radius 3 is 2.32 bits per heavy atom. The lowest BCUT2D eigenvalue weighted by atomic mass is 10.1. The molecule has 1 fully saturated rings. The summed E-state index contributed by atoms with van der Waals surface area (Å²) in [6.07, 6.45) is 1.36. The van der Waals surface area contributed by atoms with Gasteiger partial charge in [0, 0.05) is 26.2 Å². The number of sulfonamides is 1. The number of carbonyl (C=O) groups is 1. The van der Waals surface area contributed by atoms with Crippen LogP contribution in [0.3, 0.4) is 0 Å². The first kappa shape index (κ1) is 23.4. The fourth-order valence-electron chi connectivity index (χ4n) is 3.50. The predicted molar refractivity (Wildman–Crippen MR) is 120 cm³/mol. The van der Waals surface area contributed by atoms with E-state index in [1.165, 1.54) is 4.31 Å². The molecule has 0 unspecified atom stereocenters. The monoisotopic (exact) mass is 445 g/mol. The highest BCUT2D eigenvalue weighted by Gasteiger charge is 2.26. The largest absolute Gasteiger partial charge is 0.379 e. The Morgan fingerprint density at radius 2 is 1.65 bits per heavy atom. The molecule has 2 aromatic carbocycles. The Morgan fingerprint density at radius 1 is 1.00 bits per heavy atom. The first-order valence-corrected chi connectivity index (χ1v) is 12.2. The summed E-state index contributed by atoms with van der Waals surface area (Å²) in [6.45, 7) is 4.79. The molecule has 168 valence electrons. The number of rotatable bonds is 11. The summed E-state index contributed by atoms with van der Waals surface area (Å²) in [5, 5.41) is 2.87. The van der Waals surface area contributed by atoms with Gasteiger partial charge in [0.05, 0.1) is 24.7 Å². The lowest BCUT2D eigenvalue weighted by molar-refractivity contribution is -0.121. The van der Waals surface area contributed by atoms with E-state index in [-0.39, 0.29) is 23.9 Å². The van der Waals surface area contributed by atoms with Crippen molar-refractivity contribution in [3.8, 4) is 0 Å². The van der Waals surface area contributed by atoms with Crippen LogP contribution in [0.4, 0.5) is 0 Å². The molecule has 1 N–H and O–H groups in total. The van der Waals surface area contributed by atoms with Gasteiger partial charge in [-0.3, -0.25) is 9.69 Å². The van der Waals surface area contributed by atoms with Gasteiger partial charge >= 0.3 is 0 Å². The maximum atomic E-state index is 13.2. The predicted octanol–water partition coefficient (Wildman–Crippen LogP) is 1.76. The van der Waals surface area contributed by atoms with Crippen LogP contribution in [-0.4, -0.2) is 76.0 Å². The highest BCUT2D eigenvalue weighted by molar-refractivity contribution is 7.89. The minimum absolute atomic E-state index is 0.193. The van der Waals surface area contributed by atoms with Crippen molar-refractivity contribution in [2.45, 2.75) is 17.7 Å². The third-order valence-electron chi connectivity index (χ3n) is 5.27. The van der Waals surface area contributed by atoms with Crippen LogP contribution in [0, 0.1) is 0 Å². The number of hydrogen-bond acceptors (Lipinski definition) is 5. The molecule has 31 heavy (non-hydrogen) atoms. The first-order valence-electron chi connectivity index (χ1n) is 10.7. The van der Waals surface area contributed by atoms with E-state index < -0.39 is 10.0 Å². The molecule has 0 aromatic heterocycles. The molecular weight excluding hydrogens is 414 g/mol. The van der Waals surface area contributed by atoms with Gasteiger partial charge in [-0.05, 0) is 37.1 Å². The molecule has 0 bridgehead atoms. The third-order valence-corrected chi connectivity index (χ3v) is 7.13. The van der Waals surface area contributed by atoms with Gasteiger partial charge in [0.15, 0.2) is 0 Å². The lowest BCUT2D eigenvalue weighted by Crippen LogP contribution is -2.42. The molecule has 1 heterocycles. The Hall–Kier alpha value is -2.26. The van der Waals surface area contributed by atoms with E-state index in [0.29, 0.717) is 13.0 Å². The minimum atomic E-state index is -3.76. The van der Waals surface area contributed by atoms with Gasteiger partial charge < -0.3 is 10.1 Å². The van der Waals surface area contributed by atoms with Crippen molar-refractivity contribution in [2.24, 2.45) is 0 Å². The van der Waals surface area contributed by atoms with E-state index in [1.807, 2.05) is 30.3 Å². The number of carbonyl (C=O) groups excluding carboxylic acids is 1. The summed E-state index contributed by atoms with van der Waals surface area (Å²) in [7, 11) is -3.76. The molecule has 0 atom stereocenters. The van der Waals surface area contributed by atoms with Crippen molar-refractivity contribution in [3.63, 3.8) is 0 Å². The zero-order chi connectivity index (χ0) is 21.9. The molecule has 0 aliphatic carbocycles. The minimum Gasteiger partial charge on any atom is -0.379 e. The Balaban J connectivity index is 1.57. The highest BCUT2D eigenvalue weighted by atomic mass is 32.2. The van der Waals surface area contributed by atoms with E-state index in [0.717, 1.165) is 44.8 Å². The van der Waals surface area contributed by atoms with Gasteiger partial charge in [-0.25, -0.2) is 8.42 Å². The SMILES string of the molecule is O=C(CN(CCc1ccccc1)S(=O)(=O)c1ccccc1)NCCCN1CCOCC1. The van der Waals surface area contributed by atoms with Crippen LogP contribution in [0.5, 0.6) is 0 Å². The summed E-state index contributed by atoms with van der Waals surface area (Å²) in [5.74, 6) is -0.283. The van der Waals surface area contributed by atoms with E-state index in [4.69, 9.17) is 4.74 Å². The molecule has 8 heteroatoms. The van der Waals surface area contributed by atoms with Crippen LogP contribution in [0.15, 0.2) is 65.6 Å². The Kier molecular flexibility index (Phi) is 9.02. The van der Waals surface area contributed by atoms with Crippen LogP contribution in [-0.2, 0) is 26.0 Å². The van der Waals surface area contributed by atoms with E-state index in [2.05, 4.69) is 10.2 Å². The number of benzene rings is 2. The van der Waals surface area contributed by atoms with Crippen molar-refractivity contribution in [2.75, 3.05) is 52.5 Å². The molecule has 0 spiro atoms. The van der Waals surface area contributed by atoms with Crippen LogP contribution in [0.1, 0.15) is 12.0 Å². The van der Waals surface area contributed by atoms with E-state index in [9.17, 15) is 13.2 Å². The summed E-state index contributed by atoms with van der Waals surface area (Å²) in [6, 6.07) is 18.0. The summed E-state index contributed by atoms with van der Waals surface area (Å²) >= 11 is 0. The standard InChI is InChI=1S/C23H31N3O4S/c27-23(24-13-7-14-25-16-18-30-19-17-25)20-26(15-12-21-8-3-1-4-9-21)31(28,29)22-10-5-2-6-11-22/h1-6,8-11H,7,12-20H2,(H,24,27). The summed E-state index contributed by atoms with van der Waals surface area (Å²) in [4.78, 5) is 15.0. The molecule has 1 aliphatic rings. The summed E-state index contributed by atoms with van der Waals surface area (Å²) < 4.78 is 32.9. The zero-order valence-electron chi connectivity index (χ0n) is 17.8. The molecule has 1 saturated heterocycles. The second-order valence-electron chi connectivity index (χ2n) is 7.54. The molecule has 1 aliphatic heterocycles. The van der Waals surface area contributed by atoms with Crippen LogP contribution in [0.2, 0.25) is 0 Å². The topological polar surface area (TPSA) is 79.0 Å². The molecule has 1 amide bonds. The zero-order valence-corrected chi connectivity index (χ0v) is 18.6. The average Bonchev–Trinajstić information content (AvgIpc) is 2.81. The number of nitrogens with one attached hydrogen (secondary N) is 1. The Bertz CT molecular complexity index is 901. The second kappa shape index (κ2) is 12.0. The first-order chi connectivity index (χ1) is 15.1. The van der Waals surface area contributed by atoms with Gasteiger partial charge in [-0.15, -0.1) is 0 Å². The van der Waals surface area contributed by atoms with Crippen molar-refractivity contribution in [3.05, 3.63) is 66.2 Å². The molecule has 0 radical (unpaired) electrons. The number of ether oxygens (including phenoxy) is 1. The van der Waals surface area contributed by atoms with Crippen molar-refractivity contribution >= 4 is 15.9 Å². The Labute approximate surface area is 185 Å². The maximum Gasteiger partial charge on any atom is 0.243 e. The molecule has 3 rings (SSSR count). The lowest BCUT2D eigenvalue weighted by Gasteiger charge is -2.26. The van der Waals surface area contributed by atoms with Gasteiger partial charge in [0.1, 0.15) is 0 Å². The second-order valence-corrected chi connectivity index (χ2v) is 9.48. The normalized spacial score (nSPS) is 15.1. The number of nitrogens with zero attached hydrogens (tertiary/aromatic N) is 2.